The zero-order valence-electron chi connectivity index (χ0n) is 17.7. The molecule has 0 radical (unpaired) electrons. The second-order valence-corrected chi connectivity index (χ2v) is 9.30. The van der Waals surface area contributed by atoms with Gasteiger partial charge >= 0.3 is 0 Å². The molecule has 0 unspecified atom stereocenters. The van der Waals surface area contributed by atoms with Crippen LogP contribution in [0.15, 0.2) is 35.1 Å². The molecule has 1 saturated carbocycles. The molecule has 0 bridgehead atoms. The van der Waals surface area contributed by atoms with Crippen LogP contribution in [0.4, 0.5) is 17.5 Å². The Kier molecular flexibility index (Phi) is 6.06. The van der Waals surface area contributed by atoms with E-state index in [1.807, 2.05) is 25.4 Å². The van der Waals surface area contributed by atoms with E-state index in [9.17, 15) is 0 Å². The number of hydrogen-bond acceptors (Lipinski definition) is 7. The fourth-order valence-electron chi connectivity index (χ4n) is 4.60. The Labute approximate surface area is 190 Å². The molecule has 31 heavy (non-hydrogen) atoms. The van der Waals surface area contributed by atoms with Gasteiger partial charge in [-0.3, -0.25) is 9.58 Å². The molecule has 1 aliphatic heterocycles. The fraction of sp³-hybridized carbons (Fsp3) is 0.500. The molecule has 9 heteroatoms. The van der Waals surface area contributed by atoms with Gasteiger partial charge in [-0.05, 0) is 43.9 Å². The summed E-state index contributed by atoms with van der Waals surface area (Å²) in [7, 11) is 1.89. The molecule has 0 atom stereocenters. The Bertz CT molecular complexity index is 1040. The second kappa shape index (κ2) is 9.10. The zero-order valence-corrected chi connectivity index (χ0v) is 19.3. The maximum absolute atomic E-state index is 5.51. The summed E-state index contributed by atoms with van der Waals surface area (Å²) in [6, 6.07) is 7.23. The van der Waals surface area contributed by atoms with Crippen LogP contribution >= 0.6 is 15.9 Å². The maximum atomic E-state index is 5.51. The quantitative estimate of drug-likeness (QED) is 0.566. The van der Waals surface area contributed by atoms with Gasteiger partial charge in [0, 0.05) is 48.3 Å². The number of nitrogens with one attached hydrogen (secondary N) is 2. The number of rotatable bonds is 5. The lowest BCUT2D eigenvalue weighted by Crippen LogP contribution is -2.46. The van der Waals surface area contributed by atoms with Crippen LogP contribution in [0.1, 0.15) is 25.7 Å². The van der Waals surface area contributed by atoms with Gasteiger partial charge < -0.3 is 15.4 Å². The molecule has 164 valence electrons. The summed E-state index contributed by atoms with van der Waals surface area (Å²) in [5, 5.41) is 12.3. The minimum absolute atomic E-state index is 0.417. The third-order valence-electron chi connectivity index (χ3n) is 6.22. The van der Waals surface area contributed by atoms with E-state index in [0.717, 1.165) is 66.0 Å². The van der Waals surface area contributed by atoms with Crippen molar-refractivity contribution in [3.8, 4) is 0 Å². The van der Waals surface area contributed by atoms with Gasteiger partial charge in [-0.1, -0.05) is 15.9 Å². The van der Waals surface area contributed by atoms with E-state index >= 15 is 0 Å². The number of fused-ring (bicyclic) bond motifs is 1. The maximum Gasteiger partial charge on any atom is 0.229 e. The topological polar surface area (TPSA) is 80.1 Å². The van der Waals surface area contributed by atoms with Crippen LogP contribution < -0.4 is 10.6 Å². The molecule has 0 spiro atoms. The van der Waals surface area contributed by atoms with Gasteiger partial charge in [0.1, 0.15) is 5.82 Å². The third-order valence-corrected chi connectivity index (χ3v) is 6.71. The predicted molar refractivity (Wildman–Crippen MR) is 126 cm³/mol. The van der Waals surface area contributed by atoms with Gasteiger partial charge in [0.25, 0.3) is 0 Å². The summed E-state index contributed by atoms with van der Waals surface area (Å²) < 4.78 is 8.29. The molecule has 5 rings (SSSR count). The smallest absolute Gasteiger partial charge is 0.229 e. The molecule has 3 heterocycles. The Morgan fingerprint density at radius 2 is 1.90 bits per heavy atom. The summed E-state index contributed by atoms with van der Waals surface area (Å²) in [6.07, 6.45) is 8.40. The summed E-state index contributed by atoms with van der Waals surface area (Å²) in [5.41, 5.74) is 1.78. The lowest BCUT2D eigenvalue weighted by Gasteiger charge is -2.39. The van der Waals surface area contributed by atoms with E-state index in [-0.39, 0.29) is 0 Å². The van der Waals surface area contributed by atoms with Crippen molar-refractivity contribution >= 4 is 44.3 Å². The van der Waals surface area contributed by atoms with Crippen LogP contribution in [0.3, 0.4) is 0 Å². The monoisotopic (exact) mass is 485 g/mol. The number of halogens is 1. The Morgan fingerprint density at radius 1 is 1.10 bits per heavy atom. The molecular weight excluding hydrogens is 458 g/mol. The van der Waals surface area contributed by atoms with Crippen molar-refractivity contribution in [3.63, 3.8) is 0 Å². The third kappa shape index (κ3) is 4.83. The Morgan fingerprint density at radius 3 is 2.65 bits per heavy atom. The minimum atomic E-state index is 0.417. The first kappa shape index (κ1) is 20.7. The van der Waals surface area contributed by atoms with E-state index < -0.39 is 0 Å². The van der Waals surface area contributed by atoms with E-state index in [4.69, 9.17) is 14.7 Å². The normalized spacial score (nSPS) is 22.5. The fourth-order valence-corrected chi connectivity index (χ4v) is 4.96. The predicted octanol–water partition coefficient (Wildman–Crippen LogP) is 3.92. The molecule has 1 aliphatic carbocycles. The summed E-state index contributed by atoms with van der Waals surface area (Å²) in [4.78, 5) is 12.1. The molecule has 2 fully saturated rings. The van der Waals surface area contributed by atoms with Crippen LogP contribution in [0.25, 0.3) is 10.9 Å². The Balaban J connectivity index is 1.33. The molecule has 8 nitrogen and oxygen atoms in total. The van der Waals surface area contributed by atoms with Gasteiger partial charge in [0.05, 0.1) is 30.6 Å². The van der Waals surface area contributed by atoms with Crippen LogP contribution in [-0.2, 0) is 11.8 Å². The van der Waals surface area contributed by atoms with E-state index in [2.05, 4.69) is 42.6 Å². The van der Waals surface area contributed by atoms with Crippen LogP contribution in [0.5, 0.6) is 0 Å². The van der Waals surface area contributed by atoms with Gasteiger partial charge in [-0.15, -0.1) is 0 Å². The standard InChI is InChI=1S/C22H28BrN7O/c1-29-14-17(13-24-29)26-22-27-20-7-2-15(23)12-19(20)21(28-22)25-16-3-5-18(6-4-16)30-8-10-31-11-9-30/h2,7,12-14,16,18H,3-6,8-11H2,1H3,(H2,25,26,27,28). The van der Waals surface area contributed by atoms with Gasteiger partial charge in [-0.25, -0.2) is 4.98 Å². The van der Waals surface area contributed by atoms with Gasteiger partial charge in [-0.2, -0.15) is 10.1 Å². The molecule has 2 N–H and O–H groups in total. The van der Waals surface area contributed by atoms with E-state index in [1.54, 1.807) is 10.9 Å². The average molecular weight is 486 g/mol. The Hall–Kier alpha value is -2.23. The van der Waals surface area contributed by atoms with E-state index in [0.29, 0.717) is 18.0 Å². The first-order chi connectivity index (χ1) is 15.1. The van der Waals surface area contributed by atoms with Crippen molar-refractivity contribution in [2.45, 2.75) is 37.8 Å². The second-order valence-electron chi connectivity index (χ2n) is 8.38. The van der Waals surface area contributed by atoms with Crippen molar-refractivity contribution in [2.24, 2.45) is 7.05 Å². The first-order valence-electron chi connectivity index (χ1n) is 11.0. The number of morpholine rings is 1. The minimum Gasteiger partial charge on any atom is -0.379 e. The molecule has 3 aromatic rings. The highest BCUT2D eigenvalue weighted by molar-refractivity contribution is 9.10. The number of benzene rings is 1. The van der Waals surface area contributed by atoms with Crippen LogP contribution in [-0.4, -0.2) is 63.0 Å². The van der Waals surface area contributed by atoms with Crippen molar-refractivity contribution < 1.29 is 4.74 Å². The van der Waals surface area contributed by atoms with Crippen molar-refractivity contribution in [2.75, 3.05) is 36.9 Å². The molecule has 2 aromatic heterocycles. The number of nitrogens with zero attached hydrogens (tertiary/aromatic N) is 5. The SMILES string of the molecule is Cn1cc(Nc2nc(NC3CCC(N4CCOCC4)CC3)c3cc(Br)ccc3n2)cn1. The first-order valence-corrected chi connectivity index (χ1v) is 11.7. The van der Waals surface area contributed by atoms with Gasteiger partial charge in [0.2, 0.25) is 5.95 Å². The summed E-state index contributed by atoms with van der Waals surface area (Å²) in [5.74, 6) is 1.46. The number of ether oxygens (including phenoxy) is 1. The molecule has 1 aromatic carbocycles. The highest BCUT2D eigenvalue weighted by atomic mass is 79.9. The molecule has 2 aliphatic rings. The number of hydrogen-bond donors (Lipinski definition) is 2. The molecular formula is C22H28BrN7O. The highest BCUT2D eigenvalue weighted by Gasteiger charge is 2.27. The number of aryl methyl sites for hydroxylation is 1. The number of anilines is 3. The van der Waals surface area contributed by atoms with Crippen molar-refractivity contribution in [1.29, 1.82) is 0 Å². The molecule has 1 saturated heterocycles. The van der Waals surface area contributed by atoms with Crippen LogP contribution in [0, 0.1) is 0 Å². The van der Waals surface area contributed by atoms with Crippen molar-refractivity contribution in [3.05, 3.63) is 35.1 Å². The van der Waals surface area contributed by atoms with E-state index in [1.165, 1.54) is 12.8 Å². The summed E-state index contributed by atoms with van der Waals surface area (Å²) in [6.45, 7) is 3.87. The largest absolute Gasteiger partial charge is 0.379 e. The molecule has 0 amide bonds. The van der Waals surface area contributed by atoms with Gasteiger partial charge in [0.15, 0.2) is 0 Å². The van der Waals surface area contributed by atoms with Crippen LogP contribution in [0.2, 0.25) is 0 Å². The van der Waals surface area contributed by atoms with Crippen molar-refractivity contribution in [1.82, 2.24) is 24.6 Å². The zero-order chi connectivity index (χ0) is 21.2. The summed E-state index contributed by atoms with van der Waals surface area (Å²) >= 11 is 3.59. The lowest BCUT2D eigenvalue weighted by molar-refractivity contribution is 0.00791. The highest BCUT2D eigenvalue weighted by Crippen LogP contribution is 2.30. The average Bonchev–Trinajstić information content (AvgIpc) is 3.20. The lowest BCUT2D eigenvalue weighted by atomic mass is 9.90. The number of aromatic nitrogens is 4.